The molecule has 0 radical (unpaired) electrons. The molecule has 1 fully saturated rings. The zero-order valence-electron chi connectivity index (χ0n) is 12.3. The summed E-state index contributed by atoms with van der Waals surface area (Å²) in [5.41, 5.74) is 0.245. The van der Waals surface area contributed by atoms with Gasteiger partial charge in [0.2, 0.25) is 5.91 Å². The average Bonchev–Trinajstić information content (AvgIpc) is 2.80. The van der Waals surface area contributed by atoms with Crippen LogP contribution in [0.2, 0.25) is 0 Å². The summed E-state index contributed by atoms with van der Waals surface area (Å²) in [6, 6.07) is 4.78. The fourth-order valence-corrected chi connectivity index (χ4v) is 2.55. The summed E-state index contributed by atoms with van der Waals surface area (Å²) in [4.78, 5) is 24.8. The third kappa shape index (κ3) is 3.96. The van der Waals surface area contributed by atoms with Crippen LogP contribution in [0.5, 0.6) is 0 Å². The number of rotatable bonds is 6. The number of nitrogens with one attached hydrogen (secondary N) is 1. The molecule has 0 aliphatic carbocycles. The Balaban J connectivity index is 0.00000242. The third-order valence-corrected chi connectivity index (χ3v) is 3.63. The summed E-state index contributed by atoms with van der Waals surface area (Å²) in [5, 5.41) is 12.0. The lowest BCUT2D eigenvalue weighted by Crippen LogP contribution is -2.47. The van der Waals surface area contributed by atoms with Crippen LogP contribution in [0, 0.1) is 5.82 Å². The molecular weight excluding hydrogens is 311 g/mol. The normalized spacial score (nSPS) is 18.9. The zero-order valence-corrected chi connectivity index (χ0v) is 13.1. The minimum Gasteiger partial charge on any atom is -0.480 e. The Bertz CT molecular complexity index is 541. The molecule has 2 N–H and O–H groups in total. The molecule has 2 unspecified atom stereocenters. The summed E-state index contributed by atoms with van der Waals surface area (Å²) in [6.07, 6.45) is 1.64. The number of benzene rings is 1. The number of carboxylic acids is 1. The van der Waals surface area contributed by atoms with Gasteiger partial charge < -0.3 is 10.0 Å². The number of hydrogen-bond acceptors (Lipinski definition) is 3. The van der Waals surface area contributed by atoms with E-state index in [0.717, 1.165) is 0 Å². The molecule has 1 amide bonds. The number of aliphatic carboxylic acids is 1. The van der Waals surface area contributed by atoms with E-state index in [1.807, 2.05) is 6.92 Å². The van der Waals surface area contributed by atoms with E-state index in [1.54, 1.807) is 18.2 Å². The second-order valence-corrected chi connectivity index (χ2v) is 5.13. The van der Waals surface area contributed by atoms with Crippen LogP contribution in [0.15, 0.2) is 24.3 Å². The molecule has 0 saturated carbocycles. The number of carbonyl (C=O) groups excluding carboxylic acids is 1. The molecule has 1 heterocycles. The molecule has 0 aromatic heterocycles. The van der Waals surface area contributed by atoms with E-state index < -0.39 is 23.9 Å². The smallest absolute Gasteiger partial charge is 0.320 e. The number of carboxylic acid groups (broad SMARTS) is 1. The summed E-state index contributed by atoms with van der Waals surface area (Å²) in [7, 11) is 0. The van der Waals surface area contributed by atoms with Crippen molar-refractivity contribution in [3.05, 3.63) is 30.1 Å². The molecule has 7 heteroatoms. The second kappa shape index (κ2) is 8.10. The van der Waals surface area contributed by atoms with Crippen molar-refractivity contribution in [3.63, 3.8) is 0 Å². The van der Waals surface area contributed by atoms with Gasteiger partial charge >= 0.3 is 5.97 Å². The molecular formula is C15H20ClFN2O3. The molecule has 2 rings (SSSR count). The number of halogens is 2. The van der Waals surface area contributed by atoms with Crippen molar-refractivity contribution in [2.75, 3.05) is 11.4 Å². The Labute approximate surface area is 134 Å². The van der Waals surface area contributed by atoms with Gasteiger partial charge in [-0.3, -0.25) is 14.9 Å². The third-order valence-electron chi connectivity index (χ3n) is 3.63. The first-order chi connectivity index (χ1) is 10.0. The number of nitrogens with zero attached hydrogens (tertiary/aromatic N) is 1. The van der Waals surface area contributed by atoms with Gasteiger partial charge in [0.25, 0.3) is 0 Å². The second-order valence-electron chi connectivity index (χ2n) is 5.13. The van der Waals surface area contributed by atoms with Crippen LogP contribution < -0.4 is 10.2 Å². The molecule has 2 atom stereocenters. The van der Waals surface area contributed by atoms with Crippen LogP contribution in [0.1, 0.15) is 26.2 Å². The van der Waals surface area contributed by atoms with Gasteiger partial charge in [0, 0.05) is 6.54 Å². The van der Waals surface area contributed by atoms with Gasteiger partial charge in [-0.05, 0) is 25.0 Å². The lowest BCUT2D eigenvalue weighted by Gasteiger charge is -2.20. The maximum Gasteiger partial charge on any atom is 0.320 e. The van der Waals surface area contributed by atoms with Crippen molar-refractivity contribution in [1.82, 2.24) is 5.32 Å². The summed E-state index contributed by atoms with van der Waals surface area (Å²) >= 11 is 0. The molecule has 1 aliphatic heterocycles. The molecule has 1 aromatic rings. The fourth-order valence-electron chi connectivity index (χ4n) is 2.55. The van der Waals surface area contributed by atoms with E-state index in [4.69, 9.17) is 5.11 Å². The van der Waals surface area contributed by atoms with Crippen LogP contribution in [-0.2, 0) is 9.59 Å². The van der Waals surface area contributed by atoms with Crippen molar-refractivity contribution >= 4 is 30.0 Å². The van der Waals surface area contributed by atoms with Crippen LogP contribution in [0.4, 0.5) is 10.1 Å². The van der Waals surface area contributed by atoms with E-state index in [0.29, 0.717) is 25.8 Å². The van der Waals surface area contributed by atoms with E-state index in [1.165, 1.54) is 11.0 Å². The molecule has 0 bridgehead atoms. The van der Waals surface area contributed by atoms with Gasteiger partial charge in [-0.2, -0.15) is 0 Å². The zero-order chi connectivity index (χ0) is 15.4. The molecule has 122 valence electrons. The quantitative estimate of drug-likeness (QED) is 0.839. The van der Waals surface area contributed by atoms with Gasteiger partial charge in [-0.25, -0.2) is 4.39 Å². The minimum atomic E-state index is -0.964. The average molecular weight is 331 g/mol. The largest absolute Gasteiger partial charge is 0.480 e. The Kier molecular flexibility index (Phi) is 6.77. The van der Waals surface area contributed by atoms with Crippen LogP contribution in [0.3, 0.4) is 0 Å². The SMILES string of the molecule is CCCC(NC1CCN(c2ccccc2F)C1=O)C(=O)O.Cl. The van der Waals surface area contributed by atoms with E-state index in [-0.39, 0.29) is 24.0 Å². The Hall–Kier alpha value is -1.66. The highest BCUT2D eigenvalue weighted by Gasteiger charge is 2.35. The van der Waals surface area contributed by atoms with Gasteiger partial charge in [-0.15, -0.1) is 12.4 Å². The van der Waals surface area contributed by atoms with Crippen molar-refractivity contribution in [1.29, 1.82) is 0 Å². The number of hydrogen-bond donors (Lipinski definition) is 2. The Morgan fingerprint density at radius 3 is 2.77 bits per heavy atom. The molecule has 0 spiro atoms. The standard InChI is InChI=1S/C15H19FN2O3.ClH/c1-2-5-12(15(20)21)17-11-8-9-18(14(11)19)13-7-4-3-6-10(13)16;/h3-4,6-7,11-12,17H,2,5,8-9H2,1H3,(H,20,21);1H. The van der Waals surface area contributed by atoms with Gasteiger partial charge in [0.1, 0.15) is 11.9 Å². The first kappa shape index (κ1) is 18.4. The molecule has 1 saturated heterocycles. The van der Waals surface area contributed by atoms with Crippen molar-refractivity contribution in [2.45, 2.75) is 38.3 Å². The monoisotopic (exact) mass is 330 g/mol. The predicted molar refractivity (Wildman–Crippen MR) is 83.9 cm³/mol. The minimum absolute atomic E-state index is 0. The lowest BCUT2D eigenvalue weighted by atomic mass is 10.1. The van der Waals surface area contributed by atoms with Crippen LogP contribution >= 0.6 is 12.4 Å². The van der Waals surface area contributed by atoms with Gasteiger partial charge in [0.15, 0.2) is 0 Å². The van der Waals surface area contributed by atoms with Crippen molar-refractivity contribution in [3.8, 4) is 0 Å². The molecule has 1 aliphatic rings. The summed E-state index contributed by atoms with van der Waals surface area (Å²) < 4.78 is 13.7. The first-order valence-electron chi connectivity index (χ1n) is 7.09. The molecule has 1 aromatic carbocycles. The van der Waals surface area contributed by atoms with E-state index >= 15 is 0 Å². The Morgan fingerprint density at radius 2 is 2.18 bits per heavy atom. The number of amides is 1. The number of para-hydroxylation sites is 1. The topological polar surface area (TPSA) is 69.6 Å². The van der Waals surface area contributed by atoms with E-state index in [9.17, 15) is 14.0 Å². The van der Waals surface area contributed by atoms with Crippen molar-refractivity contribution in [2.24, 2.45) is 0 Å². The summed E-state index contributed by atoms with van der Waals surface area (Å²) in [5.74, 6) is -1.69. The van der Waals surface area contributed by atoms with Crippen molar-refractivity contribution < 1.29 is 19.1 Å². The maximum atomic E-state index is 13.7. The Morgan fingerprint density at radius 1 is 1.50 bits per heavy atom. The summed E-state index contributed by atoms with van der Waals surface area (Å²) in [6.45, 7) is 2.27. The van der Waals surface area contributed by atoms with E-state index in [2.05, 4.69) is 5.32 Å². The van der Waals surface area contributed by atoms with Gasteiger partial charge in [0.05, 0.1) is 11.7 Å². The van der Waals surface area contributed by atoms with Crippen LogP contribution in [0.25, 0.3) is 0 Å². The first-order valence-corrected chi connectivity index (χ1v) is 7.09. The van der Waals surface area contributed by atoms with Crippen LogP contribution in [-0.4, -0.2) is 35.6 Å². The lowest BCUT2D eigenvalue weighted by molar-refractivity contribution is -0.140. The van der Waals surface area contributed by atoms with Gasteiger partial charge in [-0.1, -0.05) is 25.5 Å². The predicted octanol–water partition coefficient (Wildman–Crippen LogP) is 2.20. The highest BCUT2D eigenvalue weighted by atomic mass is 35.5. The fraction of sp³-hybridized carbons (Fsp3) is 0.467. The highest BCUT2D eigenvalue weighted by Crippen LogP contribution is 2.24. The maximum absolute atomic E-state index is 13.7. The molecule has 5 nitrogen and oxygen atoms in total. The highest BCUT2D eigenvalue weighted by molar-refractivity contribution is 5.99. The molecule has 22 heavy (non-hydrogen) atoms. The number of carbonyl (C=O) groups is 2. The number of anilines is 1.